The Balaban J connectivity index is 1.31. The molecule has 0 spiro atoms. The topological polar surface area (TPSA) is 89.5 Å². The van der Waals surface area contributed by atoms with Crippen molar-refractivity contribution < 1.29 is 22.7 Å². The lowest BCUT2D eigenvalue weighted by molar-refractivity contribution is -0.274. The molecule has 1 amide bonds. The number of benzene rings is 1. The molecule has 0 aliphatic carbocycles. The number of piperidine rings is 1. The summed E-state index contributed by atoms with van der Waals surface area (Å²) < 4.78 is 44.6. The van der Waals surface area contributed by atoms with Crippen LogP contribution in [0.15, 0.2) is 54.9 Å². The van der Waals surface area contributed by atoms with Crippen LogP contribution in [-0.2, 0) is 13.6 Å². The Morgan fingerprint density at radius 1 is 1.10 bits per heavy atom. The van der Waals surface area contributed by atoms with Crippen molar-refractivity contribution in [3.8, 4) is 16.9 Å². The van der Waals surface area contributed by atoms with Crippen molar-refractivity contribution in [3.05, 3.63) is 71.7 Å². The minimum atomic E-state index is -4.87. The van der Waals surface area contributed by atoms with Gasteiger partial charge in [0, 0.05) is 62.3 Å². The van der Waals surface area contributed by atoms with Crippen molar-refractivity contribution >= 4 is 22.8 Å². The maximum atomic E-state index is 12.8. The van der Waals surface area contributed by atoms with Crippen LogP contribution in [0, 0.1) is 0 Å². The van der Waals surface area contributed by atoms with E-state index in [-0.39, 0.29) is 11.7 Å². The number of likely N-dealkylation sites (tertiary alicyclic amines) is 1. The number of fused-ring (bicyclic) bond motifs is 1. The highest BCUT2D eigenvalue weighted by molar-refractivity contribution is 5.94. The van der Waals surface area contributed by atoms with Crippen molar-refractivity contribution in [3.63, 3.8) is 0 Å². The molecule has 1 aliphatic rings. The number of nitrogen functional groups attached to an aromatic ring is 1. The van der Waals surface area contributed by atoms with Gasteiger partial charge < -0.3 is 19.9 Å². The first-order chi connectivity index (χ1) is 19.0. The number of amides is 1. The van der Waals surface area contributed by atoms with Gasteiger partial charge >= 0.3 is 6.36 Å². The summed E-state index contributed by atoms with van der Waals surface area (Å²) in [6.07, 6.45) is 0.212. The second-order valence-corrected chi connectivity index (χ2v) is 10.3. The zero-order valence-corrected chi connectivity index (χ0v) is 22.6. The third kappa shape index (κ3) is 5.74. The first-order valence-electron chi connectivity index (χ1n) is 13.0. The van der Waals surface area contributed by atoms with Gasteiger partial charge in [0.05, 0.1) is 0 Å². The number of hydrogen-bond donors (Lipinski definition) is 1. The number of carbonyl (C=O) groups excluding carboxylic acids is 1. The highest BCUT2D eigenvalue weighted by Crippen LogP contribution is 2.35. The predicted molar refractivity (Wildman–Crippen MR) is 147 cm³/mol. The highest BCUT2D eigenvalue weighted by Gasteiger charge is 2.32. The summed E-state index contributed by atoms with van der Waals surface area (Å²) >= 11 is 0. The van der Waals surface area contributed by atoms with Crippen LogP contribution in [0.2, 0.25) is 0 Å². The molecular weight excluding hydrogens is 521 g/mol. The molecule has 4 aromatic rings. The van der Waals surface area contributed by atoms with Gasteiger partial charge in [-0.15, -0.1) is 13.2 Å². The van der Waals surface area contributed by atoms with Crippen LogP contribution in [0.3, 0.4) is 0 Å². The van der Waals surface area contributed by atoms with E-state index in [2.05, 4.69) is 31.7 Å². The van der Waals surface area contributed by atoms with E-state index in [1.807, 2.05) is 29.8 Å². The van der Waals surface area contributed by atoms with Gasteiger partial charge in [0.25, 0.3) is 5.91 Å². The molecule has 1 saturated heterocycles. The molecule has 5 rings (SSSR count). The van der Waals surface area contributed by atoms with Gasteiger partial charge in [-0.05, 0) is 73.3 Å². The molecule has 1 fully saturated rings. The summed E-state index contributed by atoms with van der Waals surface area (Å²) in [6, 6.07) is 13.0. The summed E-state index contributed by atoms with van der Waals surface area (Å²) in [6.45, 7) is 2.56. The number of rotatable bonds is 6. The van der Waals surface area contributed by atoms with E-state index in [9.17, 15) is 18.0 Å². The Kier molecular flexibility index (Phi) is 7.41. The average Bonchev–Trinajstić information content (AvgIpc) is 3.24. The Hall–Kier alpha value is -4.12. The average molecular weight is 553 g/mol. The molecule has 2 N–H and O–H groups in total. The monoisotopic (exact) mass is 552 g/mol. The fourth-order valence-electron chi connectivity index (χ4n) is 5.29. The van der Waals surface area contributed by atoms with E-state index < -0.39 is 12.1 Å². The van der Waals surface area contributed by atoms with Gasteiger partial charge in [0.15, 0.2) is 11.6 Å². The smallest absolute Gasteiger partial charge is 0.402 e. The molecule has 4 heterocycles. The fourth-order valence-corrected chi connectivity index (χ4v) is 5.29. The van der Waals surface area contributed by atoms with Crippen LogP contribution in [0.4, 0.5) is 19.0 Å². The normalized spacial score (nSPS) is 14.9. The molecule has 0 unspecified atom stereocenters. The quantitative estimate of drug-likeness (QED) is 0.354. The van der Waals surface area contributed by atoms with E-state index in [4.69, 9.17) is 5.73 Å². The molecule has 210 valence electrons. The maximum Gasteiger partial charge on any atom is 0.573 e. The van der Waals surface area contributed by atoms with E-state index in [1.54, 1.807) is 31.3 Å². The number of nitrogens with two attached hydrogens (primary N) is 1. The zero-order valence-electron chi connectivity index (χ0n) is 22.6. The van der Waals surface area contributed by atoms with Crippen molar-refractivity contribution in [1.29, 1.82) is 0 Å². The number of alkyl halides is 3. The lowest BCUT2D eigenvalue weighted by Gasteiger charge is -2.32. The molecule has 0 saturated carbocycles. The summed E-state index contributed by atoms with van der Waals surface area (Å²) in [7, 11) is 5.44. The van der Waals surface area contributed by atoms with Crippen LogP contribution in [-0.4, -0.2) is 63.8 Å². The van der Waals surface area contributed by atoms with E-state index in [0.717, 1.165) is 49.2 Å². The molecular formula is C29H31F3N6O2. The molecule has 0 radical (unpaired) electrons. The van der Waals surface area contributed by atoms with Gasteiger partial charge in [0.1, 0.15) is 5.65 Å². The summed E-state index contributed by atoms with van der Waals surface area (Å²) in [5.74, 6) is -0.433. The van der Waals surface area contributed by atoms with E-state index in [1.165, 1.54) is 17.8 Å². The molecule has 40 heavy (non-hydrogen) atoms. The van der Waals surface area contributed by atoms with Crippen molar-refractivity contribution in [1.82, 2.24) is 24.3 Å². The van der Waals surface area contributed by atoms with Crippen molar-refractivity contribution in [2.45, 2.75) is 31.7 Å². The largest absolute Gasteiger partial charge is 0.573 e. The second-order valence-electron chi connectivity index (χ2n) is 10.3. The van der Waals surface area contributed by atoms with Gasteiger partial charge in [-0.3, -0.25) is 9.69 Å². The predicted octanol–water partition coefficient (Wildman–Crippen LogP) is 5.20. The molecule has 8 nitrogen and oxygen atoms in total. The Morgan fingerprint density at radius 3 is 2.45 bits per heavy atom. The lowest BCUT2D eigenvalue weighted by Crippen LogP contribution is -2.33. The van der Waals surface area contributed by atoms with Gasteiger partial charge in [-0.25, -0.2) is 9.97 Å². The zero-order chi connectivity index (χ0) is 28.6. The van der Waals surface area contributed by atoms with E-state index >= 15 is 0 Å². The van der Waals surface area contributed by atoms with Crippen LogP contribution in [0.5, 0.6) is 5.75 Å². The number of anilines is 1. The van der Waals surface area contributed by atoms with Gasteiger partial charge in [-0.1, -0.05) is 12.1 Å². The standard InChI is InChI=1S/C29H31F3N6O2/c1-36(2)28(39)20-6-4-18(5-7-20)19-9-12-38(13-10-19)17-22-15-24-23(8-11-34-27(24)37(22)3)21-14-25(26(33)35-16-21)40-29(30,31)32/h4-8,11,14-16,19H,9-10,12-13,17H2,1-3H3,(H2,33,35). The van der Waals surface area contributed by atoms with Gasteiger partial charge in [0.2, 0.25) is 0 Å². The number of ether oxygens (including phenoxy) is 1. The molecule has 1 aliphatic heterocycles. The van der Waals surface area contributed by atoms with Crippen molar-refractivity contribution in [2.75, 3.05) is 32.9 Å². The van der Waals surface area contributed by atoms with Crippen molar-refractivity contribution in [2.24, 2.45) is 7.05 Å². The molecule has 1 aromatic carbocycles. The van der Waals surface area contributed by atoms with Crippen LogP contribution in [0.1, 0.15) is 40.4 Å². The summed E-state index contributed by atoms with van der Waals surface area (Å²) in [4.78, 5) is 24.6. The first-order valence-corrected chi connectivity index (χ1v) is 13.0. The minimum absolute atomic E-state index is 0.00305. The van der Waals surface area contributed by atoms with Crippen LogP contribution < -0.4 is 10.5 Å². The maximum absolute atomic E-state index is 12.8. The molecule has 11 heteroatoms. The number of carbonyl (C=O) groups is 1. The first kappa shape index (κ1) is 27.4. The number of pyridine rings is 2. The summed E-state index contributed by atoms with van der Waals surface area (Å²) in [5, 5.41) is 0.812. The molecule has 0 bridgehead atoms. The third-order valence-electron chi connectivity index (χ3n) is 7.46. The van der Waals surface area contributed by atoms with Crippen LogP contribution in [0.25, 0.3) is 22.2 Å². The van der Waals surface area contributed by atoms with Crippen LogP contribution >= 0.6 is 0 Å². The highest BCUT2D eigenvalue weighted by atomic mass is 19.4. The number of aryl methyl sites for hydroxylation is 1. The number of hydrogen-bond acceptors (Lipinski definition) is 6. The number of aromatic nitrogens is 3. The second kappa shape index (κ2) is 10.8. The minimum Gasteiger partial charge on any atom is -0.402 e. The number of halogens is 3. The van der Waals surface area contributed by atoms with E-state index in [0.29, 0.717) is 22.6 Å². The Morgan fingerprint density at radius 2 is 1.80 bits per heavy atom. The Labute approximate surface area is 230 Å². The lowest BCUT2D eigenvalue weighted by atomic mass is 9.89. The SMILES string of the molecule is CN(C)C(=O)c1ccc(C2CCN(Cc3cc4c(-c5cnc(N)c(OC(F)(F)F)c5)ccnc4n3C)CC2)cc1. The molecule has 0 atom stereocenters. The third-order valence-corrected chi connectivity index (χ3v) is 7.46. The number of nitrogens with zero attached hydrogens (tertiary/aromatic N) is 5. The summed E-state index contributed by atoms with van der Waals surface area (Å²) in [5.41, 5.74) is 10.5. The van der Waals surface area contributed by atoms with Gasteiger partial charge in [-0.2, -0.15) is 0 Å². The fraction of sp³-hybridized carbons (Fsp3) is 0.345. The molecule has 3 aromatic heterocycles. The Bertz CT molecular complexity index is 1520.